The molecule has 2 atom stereocenters. The van der Waals surface area contributed by atoms with E-state index < -0.39 is 0 Å². The van der Waals surface area contributed by atoms with E-state index in [1.165, 1.54) is 101 Å². The molecule has 0 amide bonds. The highest BCUT2D eigenvalue weighted by atomic mass is 15.2. The van der Waals surface area contributed by atoms with Crippen molar-refractivity contribution in [1.29, 1.82) is 0 Å². The fourth-order valence-corrected chi connectivity index (χ4v) is 11.3. The van der Waals surface area contributed by atoms with Crippen molar-refractivity contribution in [3.63, 3.8) is 0 Å². The Hall–Kier alpha value is -6.64. The zero-order valence-electron chi connectivity index (χ0n) is 33.4. The minimum atomic E-state index is -0.229. The Kier molecular flexibility index (Phi) is 6.90. The van der Waals surface area contributed by atoms with Gasteiger partial charge in [-0.1, -0.05) is 167 Å². The molecule has 0 aromatic heterocycles. The summed E-state index contributed by atoms with van der Waals surface area (Å²) in [5.41, 5.74) is 20.5. The molecule has 5 aliphatic rings. The van der Waals surface area contributed by atoms with E-state index in [1.807, 2.05) is 0 Å². The number of allylic oxidation sites excluding steroid dienone is 3. The van der Waals surface area contributed by atoms with Crippen molar-refractivity contribution >= 4 is 63.5 Å². The molecular formula is C56H44N2. The van der Waals surface area contributed by atoms with Gasteiger partial charge in [0.1, 0.15) is 0 Å². The summed E-state index contributed by atoms with van der Waals surface area (Å²) < 4.78 is 0. The Balaban J connectivity index is 1.04. The molecule has 0 saturated heterocycles. The summed E-state index contributed by atoms with van der Waals surface area (Å²) in [6.07, 6.45) is 16.6. The summed E-state index contributed by atoms with van der Waals surface area (Å²) in [4.78, 5) is 4.96. The lowest BCUT2D eigenvalue weighted by molar-refractivity contribution is 0.388. The molecule has 7 aromatic rings. The van der Waals surface area contributed by atoms with Crippen LogP contribution >= 0.6 is 0 Å². The molecule has 12 rings (SSSR count). The smallest absolute Gasteiger partial charge is 0.0534 e. The van der Waals surface area contributed by atoms with Gasteiger partial charge in [0.25, 0.3) is 0 Å². The van der Waals surface area contributed by atoms with Crippen molar-refractivity contribution in [1.82, 2.24) is 0 Å². The van der Waals surface area contributed by atoms with E-state index in [4.69, 9.17) is 0 Å². The van der Waals surface area contributed by atoms with Crippen LogP contribution < -0.4 is 9.80 Å². The van der Waals surface area contributed by atoms with Crippen molar-refractivity contribution in [3.05, 3.63) is 208 Å². The van der Waals surface area contributed by atoms with Gasteiger partial charge in [0.15, 0.2) is 0 Å². The molecule has 2 heterocycles. The van der Waals surface area contributed by atoms with Crippen LogP contribution in [0.25, 0.3) is 46.2 Å². The van der Waals surface area contributed by atoms with Crippen LogP contribution in [0.4, 0.5) is 28.4 Å². The predicted molar refractivity (Wildman–Crippen MR) is 246 cm³/mol. The maximum Gasteiger partial charge on any atom is 0.0534 e. The van der Waals surface area contributed by atoms with Crippen LogP contribution in [0.2, 0.25) is 0 Å². The molecule has 0 fully saturated rings. The van der Waals surface area contributed by atoms with E-state index in [0.717, 1.165) is 0 Å². The van der Waals surface area contributed by atoms with Gasteiger partial charge >= 0.3 is 0 Å². The Morgan fingerprint density at radius 1 is 0.483 bits per heavy atom. The lowest BCUT2D eigenvalue weighted by Crippen LogP contribution is -2.30. The lowest BCUT2D eigenvalue weighted by Gasteiger charge is -2.36. The fourth-order valence-electron chi connectivity index (χ4n) is 11.3. The monoisotopic (exact) mass is 744 g/mol. The third-order valence-corrected chi connectivity index (χ3v) is 14.0. The molecule has 3 aliphatic carbocycles. The van der Waals surface area contributed by atoms with E-state index in [0.29, 0.717) is 0 Å². The largest absolute Gasteiger partial charge is 0.310 e. The summed E-state index contributed by atoms with van der Waals surface area (Å²) in [6.45, 7) is 10.0. The summed E-state index contributed by atoms with van der Waals surface area (Å²) in [6, 6.07) is 51.7. The quantitative estimate of drug-likeness (QED) is 0.174. The highest BCUT2D eigenvalue weighted by Gasteiger charge is 2.52. The third-order valence-electron chi connectivity index (χ3n) is 14.0. The fraction of sp³-hybridized carbons (Fsp3) is 0.143. The molecule has 2 nitrogen and oxygen atoms in total. The second-order valence-electron chi connectivity index (χ2n) is 17.7. The summed E-state index contributed by atoms with van der Waals surface area (Å²) in [7, 11) is 0. The van der Waals surface area contributed by atoms with Crippen molar-refractivity contribution in [2.75, 3.05) is 9.80 Å². The molecule has 2 unspecified atom stereocenters. The van der Waals surface area contributed by atoms with Crippen molar-refractivity contribution in [2.45, 2.75) is 44.4 Å². The molecular weight excluding hydrogens is 701 g/mol. The summed E-state index contributed by atoms with van der Waals surface area (Å²) in [5.74, 6) is 0.549. The van der Waals surface area contributed by atoms with Crippen LogP contribution in [-0.4, -0.2) is 0 Å². The van der Waals surface area contributed by atoms with E-state index in [1.54, 1.807) is 0 Å². The Labute approximate surface area is 341 Å². The van der Waals surface area contributed by atoms with Crippen molar-refractivity contribution in [2.24, 2.45) is 5.92 Å². The van der Waals surface area contributed by atoms with Gasteiger partial charge in [-0.3, -0.25) is 0 Å². The standard InChI is InChI=1S/C56H44N2/c1-55(2)45-33-39(57-47-21-11-5-15-35(47)25-26-36-16-6-12-22-48(36)57)29-31-43(45)51-41-19-9-10-20-42(41)52-44-32-30-40(34-46(44)56(3,4)54(52)53(51)55)58-49-23-13-7-17-37(49)27-28-38-18-8-14-24-50(38)58/h5-34,43,45H,1-4H3. The molecule has 0 N–H and O–H groups in total. The average molecular weight is 745 g/mol. The molecule has 0 bridgehead atoms. The number of hydrogen-bond donors (Lipinski definition) is 0. The normalized spacial score (nSPS) is 19.5. The van der Waals surface area contributed by atoms with Crippen molar-refractivity contribution < 1.29 is 0 Å². The first-order chi connectivity index (χ1) is 28.3. The summed E-state index contributed by atoms with van der Waals surface area (Å²) in [5, 5.41) is 2.76. The van der Waals surface area contributed by atoms with E-state index in [-0.39, 0.29) is 22.7 Å². The van der Waals surface area contributed by atoms with Crippen LogP contribution in [-0.2, 0) is 10.8 Å². The maximum atomic E-state index is 2.61. The van der Waals surface area contributed by atoms with Crippen LogP contribution in [0, 0.1) is 5.92 Å². The second kappa shape index (κ2) is 11.9. The number of nitrogens with zero attached hydrogens (tertiary/aromatic N) is 2. The first kappa shape index (κ1) is 33.5. The minimum Gasteiger partial charge on any atom is -0.310 e. The second-order valence-corrected chi connectivity index (χ2v) is 17.7. The van der Waals surface area contributed by atoms with Gasteiger partial charge in [-0.05, 0) is 120 Å². The molecule has 58 heavy (non-hydrogen) atoms. The van der Waals surface area contributed by atoms with E-state index in [2.05, 4.69) is 220 Å². The highest BCUT2D eigenvalue weighted by Crippen LogP contribution is 2.64. The summed E-state index contributed by atoms with van der Waals surface area (Å²) >= 11 is 0. The molecule has 7 aromatic carbocycles. The topological polar surface area (TPSA) is 6.48 Å². The van der Waals surface area contributed by atoms with Crippen LogP contribution in [0.3, 0.4) is 0 Å². The van der Waals surface area contributed by atoms with Gasteiger partial charge in [0.2, 0.25) is 0 Å². The first-order valence-electron chi connectivity index (χ1n) is 20.8. The van der Waals surface area contributed by atoms with Gasteiger partial charge in [0.05, 0.1) is 22.7 Å². The Morgan fingerprint density at radius 3 is 1.55 bits per heavy atom. The van der Waals surface area contributed by atoms with Gasteiger partial charge < -0.3 is 9.80 Å². The van der Waals surface area contributed by atoms with Gasteiger partial charge in [0, 0.05) is 22.7 Å². The maximum absolute atomic E-state index is 2.61. The van der Waals surface area contributed by atoms with Crippen molar-refractivity contribution in [3.8, 4) is 11.1 Å². The number of anilines is 5. The Bertz CT molecular complexity index is 2940. The lowest BCUT2D eigenvalue weighted by atomic mass is 9.69. The number of hydrogen-bond acceptors (Lipinski definition) is 2. The number of para-hydroxylation sites is 4. The molecule has 0 radical (unpaired) electrons. The average Bonchev–Trinajstić information content (AvgIpc) is 3.44. The highest BCUT2D eigenvalue weighted by molar-refractivity contribution is 6.07. The van der Waals surface area contributed by atoms with Gasteiger partial charge in [-0.2, -0.15) is 0 Å². The van der Waals surface area contributed by atoms with Crippen LogP contribution in [0.5, 0.6) is 0 Å². The zero-order chi connectivity index (χ0) is 38.9. The molecule has 2 heteroatoms. The number of fused-ring (bicyclic) bond motifs is 14. The Morgan fingerprint density at radius 2 is 0.983 bits per heavy atom. The van der Waals surface area contributed by atoms with Gasteiger partial charge in [-0.25, -0.2) is 0 Å². The van der Waals surface area contributed by atoms with E-state index in [9.17, 15) is 0 Å². The van der Waals surface area contributed by atoms with Crippen LogP contribution in [0.15, 0.2) is 163 Å². The number of benzene rings is 7. The van der Waals surface area contributed by atoms with Crippen LogP contribution in [0.1, 0.15) is 78.1 Å². The first-order valence-corrected chi connectivity index (χ1v) is 20.8. The molecule has 2 aliphatic heterocycles. The van der Waals surface area contributed by atoms with E-state index >= 15 is 0 Å². The van der Waals surface area contributed by atoms with Gasteiger partial charge in [-0.15, -0.1) is 0 Å². The molecule has 278 valence electrons. The minimum absolute atomic E-state index is 0.135. The molecule has 0 saturated carbocycles. The number of rotatable bonds is 2. The zero-order valence-corrected chi connectivity index (χ0v) is 33.4. The third kappa shape index (κ3) is 4.49. The predicted octanol–water partition coefficient (Wildman–Crippen LogP) is 14.9. The SMILES string of the molecule is CC1(C)c2cc(N3c4ccccc4C=Cc4ccccc43)ccc2-c2c1c1c(c3ccccc23)C2C=CC(N3c4ccccc4C=Cc4ccccc43)=CC2C1(C)C. The molecule has 0 spiro atoms.